The lowest BCUT2D eigenvalue weighted by atomic mass is 10.1. The summed E-state index contributed by atoms with van der Waals surface area (Å²) in [4.78, 5) is 0.375. The molecule has 0 radical (unpaired) electrons. The van der Waals surface area contributed by atoms with Crippen molar-refractivity contribution in [2.75, 3.05) is 0 Å². The highest BCUT2D eigenvalue weighted by Gasteiger charge is 2.17. The zero-order valence-corrected chi connectivity index (χ0v) is 8.21. The molecule has 1 aromatic carbocycles. The molecule has 0 amide bonds. The van der Waals surface area contributed by atoms with Crippen molar-refractivity contribution >= 4 is 11.5 Å². The molecule has 0 saturated carbocycles. The van der Waals surface area contributed by atoms with Gasteiger partial charge in [-0.05, 0) is 29.7 Å². The molecule has 3 nitrogen and oxygen atoms in total. The van der Waals surface area contributed by atoms with Crippen LogP contribution in [0.25, 0.3) is 0 Å². The second kappa shape index (κ2) is 4.00. The SMILES string of the molecule is OC(c1cnns1)c1cc(F)ccc1F. The van der Waals surface area contributed by atoms with Crippen molar-refractivity contribution in [2.45, 2.75) is 6.10 Å². The van der Waals surface area contributed by atoms with Crippen LogP contribution in [0.5, 0.6) is 0 Å². The summed E-state index contributed by atoms with van der Waals surface area (Å²) < 4.78 is 29.6. The number of benzene rings is 1. The van der Waals surface area contributed by atoms with Gasteiger partial charge in [-0.2, -0.15) is 0 Å². The topological polar surface area (TPSA) is 46.0 Å². The number of aliphatic hydroxyl groups excluding tert-OH is 1. The monoisotopic (exact) mass is 228 g/mol. The number of nitrogens with zero attached hydrogens (tertiary/aromatic N) is 2. The molecule has 0 aliphatic carbocycles. The Bertz CT molecular complexity index is 461. The van der Waals surface area contributed by atoms with Crippen molar-refractivity contribution < 1.29 is 13.9 Å². The van der Waals surface area contributed by atoms with E-state index >= 15 is 0 Å². The van der Waals surface area contributed by atoms with E-state index in [0.717, 1.165) is 29.7 Å². The summed E-state index contributed by atoms with van der Waals surface area (Å²) in [6.45, 7) is 0. The summed E-state index contributed by atoms with van der Waals surface area (Å²) >= 11 is 0.940. The highest BCUT2D eigenvalue weighted by molar-refractivity contribution is 7.05. The molecule has 0 bridgehead atoms. The van der Waals surface area contributed by atoms with Crippen LogP contribution in [0.1, 0.15) is 16.5 Å². The molecule has 1 aromatic heterocycles. The third-order valence-electron chi connectivity index (χ3n) is 1.90. The number of aliphatic hydroxyl groups is 1. The van der Waals surface area contributed by atoms with Crippen molar-refractivity contribution in [1.29, 1.82) is 0 Å². The number of aromatic nitrogens is 2. The van der Waals surface area contributed by atoms with Crippen molar-refractivity contribution in [3.8, 4) is 0 Å². The predicted octanol–water partition coefficient (Wildman–Crippen LogP) is 1.90. The lowest BCUT2D eigenvalue weighted by molar-refractivity contribution is 0.218. The van der Waals surface area contributed by atoms with Crippen molar-refractivity contribution in [3.05, 3.63) is 46.5 Å². The largest absolute Gasteiger partial charge is 0.383 e. The van der Waals surface area contributed by atoms with Gasteiger partial charge in [0, 0.05) is 5.56 Å². The van der Waals surface area contributed by atoms with Gasteiger partial charge in [-0.1, -0.05) is 4.49 Å². The summed E-state index contributed by atoms with van der Waals surface area (Å²) in [5.41, 5.74) is -0.110. The fraction of sp³-hybridized carbons (Fsp3) is 0.111. The summed E-state index contributed by atoms with van der Waals surface area (Å²) in [5.74, 6) is -1.25. The minimum atomic E-state index is -1.22. The number of halogens is 2. The van der Waals surface area contributed by atoms with Crippen molar-refractivity contribution in [2.24, 2.45) is 0 Å². The average Bonchev–Trinajstić information content (AvgIpc) is 2.74. The van der Waals surface area contributed by atoms with Gasteiger partial charge in [0.05, 0.1) is 11.1 Å². The molecule has 1 unspecified atom stereocenters. The Kier molecular flexibility index (Phi) is 2.70. The Hall–Kier alpha value is -1.40. The molecule has 0 saturated heterocycles. The zero-order valence-electron chi connectivity index (χ0n) is 7.39. The third kappa shape index (κ3) is 2.00. The van der Waals surface area contributed by atoms with Gasteiger partial charge in [-0.3, -0.25) is 0 Å². The first-order valence-electron chi connectivity index (χ1n) is 4.09. The normalized spacial score (nSPS) is 12.7. The van der Waals surface area contributed by atoms with Crippen LogP contribution in [0.4, 0.5) is 8.78 Å². The summed E-state index contributed by atoms with van der Waals surface area (Å²) in [7, 11) is 0. The molecule has 2 rings (SSSR count). The number of hydrogen-bond acceptors (Lipinski definition) is 4. The summed E-state index contributed by atoms with van der Waals surface area (Å²) in [6.07, 6.45) is 0.0976. The van der Waals surface area contributed by atoms with Gasteiger partial charge in [0.15, 0.2) is 0 Å². The number of hydrogen-bond donors (Lipinski definition) is 1. The minimum absolute atomic E-state index is 0.110. The zero-order chi connectivity index (χ0) is 10.8. The van der Waals surface area contributed by atoms with Crippen LogP contribution in [-0.4, -0.2) is 14.7 Å². The maximum Gasteiger partial charge on any atom is 0.129 e. The van der Waals surface area contributed by atoms with Crippen molar-refractivity contribution in [1.82, 2.24) is 9.59 Å². The Balaban J connectivity index is 2.41. The van der Waals surface area contributed by atoms with E-state index in [0.29, 0.717) is 4.88 Å². The van der Waals surface area contributed by atoms with Crippen LogP contribution in [0.2, 0.25) is 0 Å². The molecule has 1 heterocycles. The second-order valence-corrected chi connectivity index (χ2v) is 3.71. The molecule has 0 aliphatic heterocycles. The van der Waals surface area contributed by atoms with Gasteiger partial charge < -0.3 is 5.11 Å². The third-order valence-corrected chi connectivity index (χ3v) is 2.62. The minimum Gasteiger partial charge on any atom is -0.383 e. The van der Waals surface area contributed by atoms with E-state index in [4.69, 9.17) is 0 Å². The fourth-order valence-corrected chi connectivity index (χ4v) is 1.68. The van der Waals surface area contributed by atoms with Crippen LogP contribution in [0.15, 0.2) is 24.4 Å². The predicted molar refractivity (Wildman–Crippen MR) is 50.3 cm³/mol. The molecule has 0 fully saturated rings. The maximum atomic E-state index is 13.2. The van der Waals surface area contributed by atoms with E-state index in [-0.39, 0.29) is 5.56 Å². The molecule has 6 heteroatoms. The summed E-state index contributed by atoms with van der Waals surface area (Å²) in [6, 6.07) is 2.93. The van der Waals surface area contributed by atoms with Crippen LogP contribution in [0.3, 0.4) is 0 Å². The standard InChI is InChI=1S/C9H6F2N2OS/c10-5-1-2-7(11)6(3-5)9(14)8-4-12-13-15-8/h1-4,9,14H. The molecule has 1 atom stereocenters. The van der Waals surface area contributed by atoms with Crippen LogP contribution in [0, 0.1) is 11.6 Å². The molecular formula is C9H6F2N2OS. The van der Waals surface area contributed by atoms with E-state index in [2.05, 4.69) is 9.59 Å². The Labute approximate surface area is 88.2 Å². The fourth-order valence-electron chi connectivity index (χ4n) is 1.17. The highest BCUT2D eigenvalue weighted by Crippen LogP contribution is 2.26. The first-order valence-corrected chi connectivity index (χ1v) is 4.86. The first-order chi connectivity index (χ1) is 7.18. The molecular weight excluding hydrogens is 222 g/mol. The van der Waals surface area contributed by atoms with E-state index in [9.17, 15) is 13.9 Å². The second-order valence-electron chi connectivity index (χ2n) is 2.89. The lowest BCUT2D eigenvalue weighted by Gasteiger charge is -2.08. The molecule has 15 heavy (non-hydrogen) atoms. The van der Waals surface area contributed by atoms with Gasteiger partial charge in [-0.15, -0.1) is 5.10 Å². The van der Waals surface area contributed by atoms with Crippen LogP contribution < -0.4 is 0 Å². The first kappa shape index (κ1) is 10.1. The molecule has 0 spiro atoms. The van der Waals surface area contributed by atoms with Crippen LogP contribution >= 0.6 is 11.5 Å². The number of rotatable bonds is 2. The van der Waals surface area contributed by atoms with Gasteiger partial charge in [-0.25, -0.2) is 8.78 Å². The molecule has 0 aliphatic rings. The summed E-state index contributed by atoms with van der Waals surface area (Å²) in [5, 5.41) is 13.2. The van der Waals surface area contributed by atoms with E-state index in [1.165, 1.54) is 6.20 Å². The smallest absolute Gasteiger partial charge is 0.129 e. The maximum absolute atomic E-state index is 13.2. The van der Waals surface area contributed by atoms with Crippen LogP contribution in [-0.2, 0) is 0 Å². The quantitative estimate of drug-likeness (QED) is 0.853. The van der Waals surface area contributed by atoms with E-state index in [1.54, 1.807) is 0 Å². The molecule has 78 valence electrons. The van der Waals surface area contributed by atoms with Gasteiger partial charge in [0.1, 0.15) is 17.7 Å². The van der Waals surface area contributed by atoms with Gasteiger partial charge in [0.25, 0.3) is 0 Å². The molecule has 2 aromatic rings. The van der Waals surface area contributed by atoms with Gasteiger partial charge in [0.2, 0.25) is 0 Å². The Morgan fingerprint density at radius 2 is 2.13 bits per heavy atom. The molecule has 1 N–H and O–H groups in total. The highest BCUT2D eigenvalue weighted by atomic mass is 32.1. The van der Waals surface area contributed by atoms with Gasteiger partial charge >= 0.3 is 0 Å². The Morgan fingerprint density at radius 3 is 2.80 bits per heavy atom. The van der Waals surface area contributed by atoms with E-state index < -0.39 is 17.7 Å². The van der Waals surface area contributed by atoms with Crippen molar-refractivity contribution in [3.63, 3.8) is 0 Å². The lowest BCUT2D eigenvalue weighted by Crippen LogP contribution is -2.01. The Morgan fingerprint density at radius 1 is 1.33 bits per heavy atom. The average molecular weight is 228 g/mol. The van der Waals surface area contributed by atoms with E-state index in [1.807, 2.05) is 0 Å².